The van der Waals surface area contributed by atoms with Crippen molar-refractivity contribution in [1.29, 1.82) is 0 Å². The Morgan fingerprint density at radius 2 is 1.95 bits per heavy atom. The van der Waals surface area contributed by atoms with E-state index in [1.54, 1.807) is 0 Å². The summed E-state index contributed by atoms with van der Waals surface area (Å²) in [5, 5.41) is 9.90. The molecule has 0 spiro atoms. The van der Waals surface area contributed by atoms with Gasteiger partial charge in [-0.05, 0) is 43.7 Å². The summed E-state index contributed by atoms with van der Waals surface area (Å²) in [4.78, 5) is 12.6. The van der Waals surface area contributed by atoms with Gasteiger partial charge < -0.3 is 16.0 Å². The fourth-order valence-electron chi connectivity index (χ4n) is 3.44. The van der Waals surface area contributed by atoms with Gasteiger partial charge in [-0.25, -0.2) is 0 Å². The summed E-state index contributed by atoms with van der Waals surface area (Å²) in [7, 11) is 0. The number of carbonyl (C=O) groups excluding carboxylic acids is 1. The average molecular weight is 287 g/mol. The fourth-order valence-corrected chi connectivity index (χ4v) is 3.44. The number of hydrogen-bond donors (Lipinski definition) is 3. The molecule has 0 bridgehead atoms. The van der Waals surface area contributed by atoms with Crippen LogP contribution in [0.3, 0.4) is 0 Å². The molecule has 1 aliphatic heterocycles. The van der Waals surface area contributed by atoms with E-state index in [-0.39, 0.29) is 5.91 Å². The van der Waals surface area contributed by atoms with Crippen molar-refractivity contribution in [2.45, 2.75) is 45.1 Å². The predicted molar refractivity (Wildman–Crippen MR) is 86.9 cm³/mol. The monoisotopic (exact) mass is 287 g/mol. The van der Waals surface area contributed by atoms with E-state index >= 15 is 0 Å². The van der Waals surface area contributed by atoms with Gasteiger partial charge in [-0.1, -0.05) is 19.4 Å². The highest BCUT2D eigenvalue weighted by atomic mass is 16.1. The second-order valence-electron chi connectivity index (χ2n) is 6.18. The topological polar surface area (TPSA) is 53.2 Å². The second-order valence-corrected chi connectivity index (χ2v) is 6.18. The van der Waals surface area contributed by atoms with Gasteiger partial charge in [-0.3, -0.25) is 4.79 Å². The molecule has 1 aliphatic carbocycles. The van der Waals surface area contributed by atoms with E-state index in [1.165, 1.54) is 19.3 Å². The van der Waals surface area contributed by atoms with Gasteiger partial charge in [0.2, 0.25) is 0 Å². The van der Waals surface area contributed by atoms with Crippen molar-refractivity contribution >= 4 is 17.3 Å². The van der Waals surface area contributed by atoms with Gasteiger partial charge in [0.25, 0.3) is 5.91 Å². The molecule has 0 aromatic heterocycles. The van der Waals surface area contributed by atoms with E-state index in [4.69, 9.17) is 0 Å². The Hall–Kier alpha value is -1.71. The van der Waals surface area contributed by atoms with Crippen molar-refractivity contribution in [2.75, 3.05) is 23.7 Å². The summed E-state index contributed by atoms with van der Waals surface area (Å²) in [5.74, 6) is 0.913. The molecule has 2 aliphatic rings. The molecular weight excluding hydrogens is 262 g/mol. The SMILES string of the molecule is CCC1CCC(NC(=O)c2cccc3c2NCCN3)CC1. The first kappa shape index (κ1) is 14.2. The van der Waals surface area contributed by atoms with Crippen molar-refractivity contribution in [3.8, 4) is 0 Å². The number of fused-ring (bicyclic) bond motifs is 1. The van der Waals surface area contributed by atoms with Crippen LogP contribution in [0, 0.1) is 5.92 Å². The lowest BCUT2D eigenvalue weighted by atomic mass is 9.84. The average Bonchev–Trinajstić information content (AvgIpc) is 2.55. The second kappa shape index (κ2) is 6.37. The van der Waals surface area contributed by atoms with Crippen LogP contribution < -0.4 is 16.0 Å². The number of rotatable bonds is 3. The highest BCUT2D eigenvalue weighted by Crippen LogP contribution is 2.30. The van der Waals surface area contributed by atoms with Gasteiger partial charge in [0.05, 0.1) is 16.9 Å². The summed E-state index contributed by atoms with van der Waals surface area (Å²) in [5.41, 5.74) is 2.74. The van der Waals surface area contributed by atoms with Crippen molar-refractivity contribution in [3.05, 3.63) is 23.8 Å². The van der Waals surface area contributed by atoms with Gasteiger partial charge in [0, 0.05) is 19.1 Å². The Kier molecular flexibility index (Phi) is 4.32. The molecular formula is C17H25N3O. The first-order valence-corrected chi connectivity index (χ1v) is 8.19. The molecule has 1 fully saturated rings. The van der Waals surface area contributed by atoms with Crippen LogP contribution in [0.1, 0.15) is 49.4 Å². The molecule has 0 radical (unpaired) electrons. The molecule has 1 amide bonds. The third kappa shape index (κ3) is 3.14. The van der Waals surface area contributed by atoms with Gasteiger partial charge in [0.15, 0.2) is 0 Å². The minimum atomic E-state index is 0.0583. The standard InChI is InChI=1S/C17H25N3O/c1-2-12-6-8-13(9-7-12)20-17(21)14-4-3-5-15-16(14)19-11-10-18-15/h3-5,12-13,18-19H,2,6-11H2,1H3,(H,20,21). The summed E-state index contributed by atoms with van der Waals surface area (Å²) in [6.07, 6.45) is 5.99. The van der Waals surface area contributed by atoms with E-state index < -0.39 is 0 Å². The van der Waals surface area contributed by atoms with Crippen LogP contribution in [-0.2, 0) is 0 Å². The Morgan fingerprint density at radius 1 is 1.19 bits per heavy atom. The first-order chi connectivity index (χ1) is 10.3. The summed E-state index contributed by atoms with van der Waals surface area (Å²) < 4.78 is 0. The summed E-state index contributed by atoms with van der Waals surface area (Å²) >= 11 is 0. The summed E-state index contributed by atoms with van der Waals surface area (Å²) in [6.45, 7) is 4.02. The molecule has 4 heteroatoms. The zero-order valence-electron chi connectivity index (χ0n) is 12.7. The van der Waals surface area contributed by atoms with Gasteiger partial charge in [0.1, 0.15) is 0 Å². The van der Waals surface area contributed by atoms with Crippen LogP contribution in [0.2, 0.25) is 0 Å². The number of carbonyl (C=O) groups is 1. The highest BCUT2D eigenvalue weighted by molar-refractivity contribution is 6.02. The van der Waals surface area contributed by atoms with Crippen LogP contribution in [0.5, 0.6) is 0 Å². The zero-order chi connectivity index (χ0) is 14.7. The van der Waals surface area contributed by atoms with Crippen molar-refractivity contribution in [2.24, 2.45) is 5.92 Å². The Balaban J connectivity index is 1.66. The van der Waals surface area contributed by atoms with E-state index in [9.17, 15) is 4.79 Å². The third-order valence-electron chi connectivity index (χ3n) is 4.81. The molecule has 114 valence electrons. The number of hydrogen-bond acceptors (Lipinski definition) is 3. The molecule has 4 nitrogen and oxygen atoms in total. The first-order valence-electron chi connectivity index (χ1n) is 8.19. The van der Waals surface area contributed by atoms with Gasteiger partial charge >= 0.3 is 0 Å². The lowest BCUT2D eigenvalue weighted by molar-refractivity contribution is 0.0922. The maximum Gasteiger partial charge on any atom is 0.253 e. The normalized spacial score (nSPS) is 24.4. The van der Waals surface area contributed by atoms with E-state index in [1.807, 2.05) is 18.2 Å². The van der Waals surface area contributed by atoms with E-state index in [2.05, 4.69) is 22.9 Å². The smallest absolute Gasteiger partial charge is 0.253 e. The molecule has 0 atom stereocenters. The van der Waals surface area contributed by atoms with Gasteiger partial charge in [-0.15, -0.1) is 0 Å². The summed E-state index contributed by atoms with van der Waals surface area (Å²) in [6, 6.07) is 6.21. The fraction of sp³-hybridized carbons (Fsp3) is 0.588. The molecule has 0 unspecified atom stereocenters. The molecule has 1 heterocycles. The number of benzene rings is 1. The van der Waals surface area contributed by atoms with E-state index in [0.29, 0.717) is 6.04 Å². The molecule has 1 saturated carbocycles. The number of nitrogens with one attached hydrogen (secondary N) is 3. The minimum Gasteiger partial charge on any atom is -0.382 e. The zero-order valence-corrected chi connectivity index (χ0v) is 12.7. The third-order valence-corrected chi connectivity index (χ3v) is 4.81. The van der Waals surface area contributed by atoms with Crippen LogP contribution in [0.25, 0.3) is 0 Å². The highest BCUT2D eigenvalue weighted by Gasteiger charge is 2.23. The number of anilines is 2. The number of amides is 1. The molecule has 0 saturated heterocycles. The van der Waals surface area contributed by atoms with Gasteiger partial charge in [-0.2, -0.15) is 0 Å². The van der Waals surface area contributed by atoms with E-state index in [0.717, 1.165) is 48.8 Å². The lowest BCUT2D eigenvalue weighted by Gasteiger charge is -2.29. The van der Waals surface area contributed by atoms with Crippen molar-refractivity contribution in [1.82, 2.24) is 5.32 Å². The van der Waals surface area contributed by atoms with Crippen molar-refractivity contribution < 1.29 is 4.79 Å². The van der Waals surface area contributed by atoms with Crippen LogP contribution in [-0.4, -0.2) is 25.0 Å². The predicted octanol–water partition coefficient (Wildman–Crippen LogP) is 3.22. The molecule has 21 heavy (non-hydrogen) atoms. The largest absolute Gasteiger partial charge is 0.382 e. The Labute approximate surface area is 126 Å². The molecule has 1 aromatic carbocycles. The van der Waals surface area contributed by atoms with Crippen LogP contribution in [0.4, 0.5) is 11.4 Å². The Morgan fingerprint density at radius 3 is 2.71 bits per heavy atom. The molecule has 3 rings (SSSR count). The molecule has 3 N–H and O–H groups in total. The Bertz CT molecular complexity index is 507. The quantitative estimate of drug-likeness (QED) is 0.800. The van der Waals surface area contributed by atoms with Crippen LogP contribution >= 0.6 is 0 Å². The maximum atomic E-state index is 12.6. The maximum absolute atomic E-state index is 12.6. The molecule has 1 aromatic rings. The minimum absolute atomic E-state index is 0.0583. The number of para-hydroxylation sites is 1. The van der Waals surface area contributed by atoms with Crippen LogP contribution in [0.15, 0.2) is 18.2 Å². The lowest BCUT2D eigenvalue weighted by Crippen LogP contribution is -2.38. The van der Waals surface area contributed by atoms with Crippen molar-refractivity contribution in [3.63, 3.8) is 0 Å².